The maximum Gasteiger partial charge on any atom is 0.303 e. The van der Waals surface area contributed by atoms with E-state index in [1.54, 1.807) is 18.2 Å². The fraction of sp³-hybridized carbons (Fsp3) is 0.316. The van der Waals surface area contributed by atoms with Gasteiger partial charge in [0.15, 0.2) is 5.82 Å². The summed E-state index contributed by atoms with van der Waals surface area (Å²) in [7, 11) is 0. The van der Waals surface area contributed by atoms with E-state index in [-0.39, 0.29) is 19.1 Å². The molecule has 2 N–H and O–H groups in total. The van der Waals surface area contributed by atoms with Crippen molar-refractivity contribution in [1.29, 1.82) is 0 Å². The Bertz CT molecular complexity index is 823. The molecular weight excluding hydrogens is 504 g/mol. The highest BCUT2D eigenvalue weighted by Crippen LogP contribution is 2.36. The van der Waals surface area contributed by atoms with Gasteiger partial charge in [-0.1, -0.05) is 11.6 Å². The largest absolute Gasteiger partial charge is 0.486 e. The van der Waals surface area contributed by atoms with Crippen LogP contribution in [0.2, 0.25) is 5.02 Å². The molecule has 0 aliphatic heterocycles. The van der Waals surface area contributed by atoms with E-state index in [0.717, 1.165) is 5.56 Å². The van der Waals surface area contributed by atoms with Gasteiger partial charge in [0.05, 0.1) is 14.6 Å². The first kappa shape index (κ1) is 22.0. The molecule has 27 heavy (non-hydrogen) atoms. The van der Waals surface area contributed by atoms with Gasteiger partial charge >= 0.3 is 5.97 Å². The fourth-order valence-electron chi connectivity index (χ4n) is 2.46. The van der Waals surface area contributed by atoms with Crippen LogP contribution in [0, 0.1) is 5.82 Å². The van der Waals surface area contributed by atoms with Crippen LogP contribution < -0.4 is 10.1 Å². The standard InChI is InChI=1S/C19H19Br2ClFNO3/c1-10(2)24-16-8-13(22)7-12(18(16)23)9-27-19-14(20)5-11(6-15(19)21)3-4-17(25)26/h5-8,10,24H,3-4,9H2,1-2H3,(H,25,26). The Morgan fingerprint density at radius 1 is 1.26 bits per heavy atom. The third kappa shape index (κ3) is 6.36. The lowest BCUT2D eigenvalue weighted by atomic mass is 10.1. The molecule has 0 bridgehead atoms. The molecule has 8 heteroatoms. The van der Waals surface area contributed by atoms with Crippen molar-refractivity contribution < 1.29 is 19.0 Å². The van der Waals surface area contributed by atoms with Gasteiger partial charge in [0, 0.05) is 23.0 Å². The van der Waals surface area contributed by atoms with Gasteiger partial charge < -0.3 is 15.2 Å². The molecule has 0 radical (unpaired) electrons. The van der Waals surface area contributed by atoms with Gasteiger partial charge in [-0.25, -0.2) is 4.39 Å². The van der Waals surface area contributed by atoms with E-state index in [4.69, 9.17) is 21.4 Å². The lowest BCUT2D eigenvalue weighted by molar-refractivity contribution is -0.136. The molecule has 0 spiro atoms. The van der Waals surface area contributed by atoms with Crippen LogP contribution >= 0.6 is 43.5 Å². The van der Waals surface area contributed by atoms with Gasteiger partial charge in [0.2, 0.25) is 0 Å². The number of anilines is 1. The smallest absolute Gasteiger partial charge is 0.303 e. The van der Waals surface area contributed by atoms with Gasteiger partial charge in [0.1, 0.15) is 12.4 Å². The minimum absolute atomic E-state index is 0.00909. The minimum Gasteiger partial charge on any atom is -0.486 e. The second-order valence-corrected chi connectivity index (χ2v) is 8.44. The zero-order valence-corrected chi connectivity index (χ0v) is 18.7. The summed E-state index contributed by atoms with van der Waals surface area (Å²) < 4.78 is 21.8. The highest BCUT2D eigenvalue weighted by Gasteiger charge is 2.15. The van der Waals surface area contributed by atoms with Crippen LogP contribution in [0.1, 0.15) is 31.4 Å². The molecule has 0 aromatic heterocycles. The Morgan fingerprint density at radius 2 is 1.89 bits per heavy atom. The molecule has 0 aliphatic rings. The molecule has 2 rings (SSSR count). The van der Waals surface area contributed by atoms with Crippen molar-refractivity contribution in [3.63, 3.8) is 0 Å². The van der Waals surface area contributed by atoms with Crippen LogP contribution in [-0.2, 0) is 17.8 Å². The topological polar surface area (TPSA) is 58.6 Å². The average molecular weight is 524 g/mol. The number of nitrogens with one attached hydrogen (secondary N) is 1. The first-order valence-corrected chi connectivity index (χ1v) is 10.2. The summed E-state index contributed by atoms with van der Waals surface area (Å²) in [6, 6.07) is 6.73. The Kier molecular flexibility index (Phi) is 7.94. The average Bonchev–Trinajstić information content (AvgIpc) is 2.55. The summed E-state index contributed by atoms with van der Waals surface area (Å²) in [5.74, 6) is -0.755. The molecule has 0 aliphatic carbocycles. The quantitative estimate of drug-likeness (QED) is 0.419. The van der Waals surface area contributed by atoms with Crippen molar-refractivity contribution in [3.05, 3.63) is 55.2 Å². The first-order valence-electron chi connectivity index (χ1n) is 8.24. The zero-order valence-electron chi connectivity index (χ0n) is 14.8. The van der Waals surface area contributed by atoms with Crippen molar-refractivity contribution in [2.24, 2.45) is 0 Å². The molecule has 4 nitrogen and oxygen atoms in total. The molecule has 0 heterocycles. The van der Waals surface area contributed by atoms with E-state index in [1.165, 1.54) is 6.07 Å². The number of rotatable bonds is 8. The van der Waals surface area contributed by atoms with Gasteiger partial charge in [-0.2, -0.15) is 0 Å². The third-order valence-corrected chi connectivity index (χ3v) is 5.01. The molecule has 146 valence electrons. The van der Waals surface area contributed by atoms with Crippen LogP contribution in [0.3, 0.4) is 0 Å². The number of hydrogen-bond acceptors (Lipinski definition) is 3. The number of hydrogen-bond donors (Lipinski definition) is 2. The monoisotopic (exact) mass is 521 g/mol. The van der Waals surface area contributed by atoms with E-state index in [1.807, 2.05) is 13.8 Å². The molecular formula is C19H19Br2ClFNO3. The Balaban J connectivity index is 2.19. The zero-order chi connectivity index (χ0) is 20.1. The molecule has 0 amide bonds. The van der Waals surface area contributed by atoms with Crippen molar-refractivity contribution in [1.82, 2.24) is 0 Å². The maximum absolute atomic E-state index is 14.7. The maximum atomic E-state index is 14.7. The summed E-state index contributed by atoms with van der Waals surface area (Å²) in [5.41, 5.74) is 1.51. The summed E-state index contributed by atoms with van der Waals surface area (Å²) in [6.45, 7) is 3.82. The second kappa shape index (κ2) is 9.75. The number of ether oxygens (including phenoxy) is 1. The van der Waals surface area contributed by atoms with E-state index in [2.05, 4.69) is 37.2 Å². The lowest BCUT2D eigenvalue weighted by Crippen LogP contribution is -2.12. The highest BCUT2D eigenvalue weighted by atomic mass is 79.9. The van der Waals surface area contributed by atoms with E-state index in [0.29, 0.717) is 37.4 Å². The normalized spacial score (nSPS) is 10.9. The van der Waals surface area contributed by atoms with Crippen LogP contribution in [0.5, 0.6) is 5.75 Å². The van der Waals surface area contributed by atoms with E-state index < -0.39 is 11.8 Å². The first-order chi connectivity index (χ1) is 12.7. The van der Waals surface area contributed by atoms with Crippen LogP contribution in [0.25, 0.3) is 0 Å². The number of aryl methyl sites for hydroxylation is 1. The van der Waals surface area contributed by atoms with E-state index >= 15 is 0 Å². The molecule has 0 saturated heterocycles. The van der Waals surface area contributed by atoms with Crippen molar-refractivity contribution in [2.75, 3.05) is 5.32 Å². The summed E-state index contributed by atoms with van der Waals surface area (Å²) in [6.07, 6.45) is 0.443. The summed E-state index contributed by atoms with van der Waals surface area (Å²) >= 11 is 13.0. The number of halogens is 4. The SMILES string of the molecule is CC(C)Nc1cc(Cl)cc(COc2c(Br)cc(CCC(=O)O)cc2Br)c1F. The number of aliphatic carboxylic acids is 1. The highest BCUT2D eigenvalue weighted by molar-refractivity contribution is 9.11. The number of carboxylic acids is 1. The predicted molar refractivity (Wildman–Crippen MR) is 112 cm³/mol. The Morgan fingerprint density at radius 3 is 2.44 bits per heavy atom. The number of carbonyl (C=O) groups is 1. The molecule has 0 fully saturated rings. The van der Waals surface area contributed by atoms with Gasteiger partial charge in [-0.15, -0.1) is 0 Å². The predicted octanol–water partition coefficient (Wildman–Crippen LogP) is 6.42. The van der Waals surface area contributed by atoms with Crippen LogP contribution in [0.15, 0.2) is 33.2 Å². The van der Waals surface area contributed by atoms with E-state index in [9.17, 15) is 9.18 Å². The summed E-state index contributed by atoms with van der Waals surface area (Å²) in [5, 5.41) is 12.2. The van der Waals surface area contributed by atoms with Gasteiger partial charge in [-0.3, -0.25) is 4.79 Å². The number of benzene rings is 2. The molecule has 0 unspecified atom stereocenters. The van der Waals surface area contributed by atoms with Crippen LogP contribution in [-0.4, -0.2) is 17.1 Å². The Labute approximate surface area is 179 Å². The lowest BCUT2D eigenvalue weighted by Gasteiger charge is -2.16. The Hall–Kier alpha value is -1.31. The van der Waals surface area contributed by atoms with Gasteiger partial charge in [-0.05, 0) is 82.0 Å². The fourth-order valence-corrected chi connectivity index (χ4v) is 4.21. The second-order valence-electron chi connectivity index (χ2n) is 6.30. The molecule has 2 aromatic rings. The van der Waals surface area contributed by atoms with Gasteiger partial charge in [0.25, 0.3) is 0 Å². The van der Waals surface area contributed by atoms with Crippen LogP contribution in [0.4, 0.5) is 10.1 Å². The van der Waals surface area contributed by atoms with Crippen molar-refractivity contribution >= 4 is 55.1 Å². The molecule has 0 atom stereocenters. The summed E-state index contributed by atoms with van der Waals surface area (Å²) in [4.78, 5) is 10.7. The molecule has 2 aromatic carbocycles. The molecule has 0 saturated carbocycles. The number of carboxylic acid groups (broad SMARTS) is 1. The van der Waals surface area contributed by atoms with Crippen molar-refractivity contribution in [3.8, 4) is 5.75 Å². The third-order valence-electron chi connectivity index (χ3n) is 3.61. The minimum atomic E-state index is -0.857. The van der Waals surface area contributed by atoms with Crippen molar-refractivity contribution in [2.45, 2.75) is 39.3 Å².